The summed E-state index contributed by atoms with van der Waals surface area (Å²) in [6.45, 7) is 20.9. The Morgan fingerprint density at radius 1 is 0.536 bits per heavy atom. The van der Waals surface area contributed by atoms with Crippen LogP contribution in [0.3, 0.4) is 0 Å². The van der Waals surface area contributed by atoms with Gasteiger partial charge in [-0.05, 0) is 101 Å². The van der Waals surface area contributed by atoms with Crippen LogP contribution in [0.2, 0.25) is 0 Å². The molecule has 0 N–H and O–H groups in total. The zero-order valence-corrected chi connectivity index (χ0v) is 41.4. The van der Waals surface area contributed by atoms with Crippen LogP contribution in [-0.4, -0.2) is 0 Å². The molecular weight excluding hydrogens is 841 g/mol. The van der Waals surface area contributed by atoms with Crippen LogP contribution in [0.5, 0.6) is 0 Å². The van der Waals surface area contributed by atoms with Crippen molar-refractivity contribution in [2.45, 2.75) is 91.4 Å². The summed E-state index contributed by atoms with van der Waals surface area (Å²) in [5.41, 5.74) is 17.4. The van der Waals surface area contributed by atoms with Gasteiger partial charge in [0.2, 0.25) is 0 Å². The Bertz CT molecular complexity index is 3750. The molecule has 2 aromatic heterocycles. The van der Waals surface area contributed by atoms with Crippen LogP contribution in [0.4, 0.5) is 28.4 Å². The van der Waals surface area contributed by atoms with Crippen molar-refractivity contribution in [1.29, 1.82) is 0 Å². The topological polar surface area (TPSA) is 32.8 Å². The molecule has 0 amide bonds. The fourth-order valence-corrected chi connectivity index (χ4v) is 11.6. The molecule has 2 heterocycles. The zero-order valence-electron chi connectivity index (χ0n) is 41.4. The number of para-hydroxylation sites is 6. The van der Waals surface area contributed by atoms with E-state index in [1.165, 1.54) is 44.2 Å². The van der Waals surface area contributed by atoms with E-state index < -0.39 is 0 Å². The molecule has 12 rings (SSSR count). The molecule has 4 nitrogen and oxygen atoms in total. The highest BCUT2D eigenvalue weighted by molar-refractivity contribution is 6.15. The highest BCUT2D eigenvalue weighted by Crippen LogP contribution is 2.56. The van der Waals surface area contributed by atoms with Crippen LogP contribution in [0.25, 0.3) is 66.4 Å². The largest absolute Gasteiger partial charge is 0.454 e. The van der Waals surface area contributed by atoms with E-state index >= 15 is 0 Å². The van der Waals surface area contributed by atoms with Crippen molar-refractivity contribution in [3.8, 4) is 0 Å². The van der Waals surface area contributed by atoms with Crippen LogP contribution in [0, 0.1) is 12.8 Å². The number of fused-ring (bicyclic) bond motifs is 6. The lowest BCUT2D eigenvalue weighted by molar-refractivity contribution is 0.459. The maximum Gasteiger partial charge on any atom is 0.159 e. The van der Waals surface area contributed by atoms with Gasteiger partial charge in [0, 0.05) is 60.6 Å². The molecule has 2 aliphatic rings. The molecule has 2 atom stereocenters. The third-order valence-corrected chi connectivity index (χ3v) is 16.5. The van der Waals surface area contributed by atoms with Crippen LogP contribution >= 0.6 is 0 Å². The molecule has 2 aliphatic carbocycles. The smallest absolute Gasteiger partial charge is 0.159 e. The Kier molecular flexibility index (Phi) is 9.73. The molecule has 0 spiro atoms. The molecule has 2 unspecified atom stereocenters. The molecule has 0 bridgehead atoms. The maximum absolute atomic E-state index is 7.18. The SMILES string of the molecule is CCC(C)(C)c1cccc2c1oc1c(N(C3=CC(C)C4(C)C=Cc5c(N(c6ccccc6)c6cccc7c6oc6c(C(C)(C)CC)cccc67)cc(C)c6ccc3c4c56)c3ccccc3)cccc12. The fraction of sp³-hybridized carbons (Fsp3) is 0.231. The van der Waals surface area contributed by atoms with E-state index in [-0.39, 0.29) is 22.2 Å². The number of allylic oxidation sites excluding steroid dienone is 2. The zero-order chi connectivity index (χ0) is 47.6. The van der Waals surface area contributed by atoms with Crippen molar-refractivity contribution in [3.05, 3.63) is 197 Å². The number of anilines is 5. The predicted octanol–water partition coefficient (Wildman–Crippen LogP) is 18.9. The standard InChI is InChI=1S/C65H60N2O2/c1-10-63(5,6)51-30-18-26-45-47-28-20-32-53(61(47)68-59(45)51)66(42-22-14-12-15-23-42)55-38-40(3)44-34-35-50-56(39-41(4)65(9)37-36-49(55)57(44)58(50)65)67(43-24-16-13-17-25-43)54-33-21-29-48-46-27-19-31-52(64(7,8)11-2)60(46)69-62(48)54/h12-39,41H,10-11H2,1-9H3. The highest BCUT2D eigenvalue weighted by atomic mass is 16.3. The maximum atomic E-state index is 7.18. The first-order valence-electron chi connectivity index (χ1n) is 25.0. The number of hydrogen-bond acceptors (Lipinski definition) is 4. The van der Waals surface area contributed by atoms with Gasteiger partial charge in [-0.25, -0.2) is 0 Å². The summed E-state index contributed by atoms with van der Waals surface area (Å²) in [7, 11) is 0. The Balaban J connectivity index is 1.11. The van der Waals surface area contributed by atoms with Crippen LogP contribution in [-0.2, 0) is 16.2 Å². The minimum Gasteiger partial charge on any atom is -0.454 e. The van der Waals surface area contributed by atoms with Crippen molar-refractivity contribution in [2.24, 2.45) is 5.92 Å². The Morgan fingerprint density at radius 2 is 1.03 bits per heavy atom. The molecular formula is C65H60N2O2. The van der Waals surface area contributed by atoms with Crippen molar-refractivity contribution < 1.29 is 8.83 Å². The summed E-state index contributed by atoms with van der Waals surface area (Å²) in [4.78, 5) is 4.91. The monoisotopic (exact) mass is 900 g/mol. The highest BCUT2D eigenvalue weighted by Gasteiger charge is 2.42. The van der Waals surface area contributed by atoms with Gasteiger partial charge in [0.1, 0.15) is 11.2 Å². The van der Waals surface area contributed by atoms with Crippen molar-refractivity contribution in [1.82, 2.24) is 0 Å². The van der Waals surface area contributed by atoms with Crippen LogP contribution in [0.15, 0.2) is 173 Å². The van der Waals surface area contributed by atoms with Gasteiger partial charge in [-0.3, -0.25) is 0 Å². The van der Waals surface area contributed by atoms with Gasteiger partial charge in [-0.15, -0.1) is 0 Å². The number of rotatable bonds is 10. The lowest BCUT2D eigenvalue weighted by Crippen LogP contribution is -2.35. The fourth-order valence-electron chi connectivity index (χ4n) is 11.6. The van der Waals surface area contributed by atoms with E-state index in [9.17, 15) is 0 Å². The van der Waals surface area contributed by atoms with E-state index in [1.807, 2.05) is 0 Å². The van der Waals surface area contributed by atoms with Gasteiger partial charge < -0.3 is 18.6 Å². The van der Waals surface area contributed by atoms with Crippen molar-refractivity contribution in [3.63, 3.8) is 0 Å². The average molecular weight is 901 g/mol. The predicted molar refractivity (Wildman–Crippen MR) is 293 cm³/mol. The van der Waals surface area contributed by atoms with Crippen molar-refractivity contribution >= 4 is 94.9 Å². The molecule has 10 aromatic rings. The molecule has 0 aliphatic heterocycles. The number of furan rings is 2. The summed E-state index contributed by atoms with van der Waals surface area (Å²) >= 11 is 0. The number of nitrogens with zero attached hydrogens (tertiary/aromatic N) is 2. The average Bonchev–Trinajstić information content (AvgIpc) is 3.96. The summed E-state index contributed by atoms with van der Waals surface area (Å²) in [5, 5.41) is 7.13. The molecule has 69 heavy (non-hydrogen) atoms. The molecule has 342 valence electrons. The number of hydrogen-bond donors (Lipinski definition) is 0. The quantitative estimate of drug-likeness (QED) is 0.137. The third kappa shape index (κ3) is 6.34. The van der Waals surface area contributed by atoms with Gasteiger partial charge >= 0.3 is 0 Å². The van der Waals surface area contributed by atoms with Gasteiger partial charge in [-0.2, -0.15) is 0 Å². The summed E-state index contributed by atoms with van der Waals surface area (Å²) in [6.07, 6.45) is 9.42. The van der Waals surface area contributed by atoms with Gasteiger partial charge in [0.25, 0.3) is 0 Å². The van der Waals surface area contributed by atoms with E-state index in [4.69, 9.17) is 8.83 Å². The summed E-state index contributed by atoms with van der Waals surface area (Å²) in [5.74, 6) is 0.160. The first kappa shape index (κ1) is 43.0. The lowest BCUT2D eigenvalue weighted by Gasteiger charge is -2.44. The van der Waals surface area contributed by atoms with Crippen molar-refractivity contribution in [2.75, 3.05) is 9.80 Å². The molecule has 8 aromatic carbocycles. The lowest BCUT2D eigenvalue weighted by atomic mass is 9.62. The third-order valence-electron chi connectivity index (χ3n) is 16.5. The second kappa shape index (κ2) is 15.6. The molecule has 0 saturated heterocycles. The van der Waals surface area contributed by atoms with Gasteiger partial charge in [-0.1, -0.05) is 183 Å². The Labute approximate surface area is 406 Å². The van der Waals surface area contributed by atoms with E-state index in [2.05, 4.69) is 242 Å². The number of benzene rings is 8. The second-order valence-electron chi connectivity index (χ2n) is 21.2. The van der Waals surface area contributed by atoms with Gasteiger partial charge in [0.15, 0.2) is 11.2 Å². The van der Waals surface area contributed by atoms with E-state index in [0.717, 1.165) is 90.9 Å². The summed E-state index contributed by atoms with van der Waals surface area (Å²) < 4.78 is 14.4. The Hall–Kier alpha value is -7.30. The molecule has 0 saturated carbocycles. The van der Waals surface area contributed by atoms with Gasteiger partial charge in [0.05, 0.1) is 22.8 Å². The molecule has 4 heteroatoms. The normalized spacial score (nSPS) is 16.8. The first-order valence-corrected chi connectivity index (χ1v) is 25.0. The minimum absolute atomic E-state index is 0.0432. The Morgan fingerprint density at radius 3 is 1.57 bits per heavy atom. The minimum atomic E-state index is -0.274. The first-order chi connectivity index (χ1) is 33.3. The van der Waals surface area contributed by atoms with Crippen LogP contribution in [0.1, 0.15) is 102 Å². The number of aryl methyl sites for hydroxylation is 1. The molecule has 0 fully saturated rings. The molecule has 0 radical (unpaired) electrons. The second-order valence-corrected chi connectivity index (χ2v) is 21.2. The van der Waals surface area contributed by atoms with E-state index in [1.54, 1.807) is 0 Å². The van der Waals surface area contributed by atoms with Crippen LogP contribution < -0.4 is 9.80 Å². The van der Waals surface area contributed by atoms with E-state index in [0.29, 0.717) is 0 Å². The summed E-state index contributed by atoms with van der Waals surface area (Å²) in [6, 6.07) is 55.5.